The summed E-state index contributed by atoms with van der Waals surface area (Å²) in [5.41, 5.74) is 2.80. The minimum absolute atomic E-state index is 0.0321. The van der Waals surface area contributed by atoms with Crippen molar-refractivity contribution in [2.45, 2.75) is 32.7 Å². The third-order valence-corrected chi connectivity index (χ3v) is 4.87. The van der Waals surface area contributed by atoms with Crippen LogP contribution in [0.1, 0.15) is 26.3 Å². The summed E-state index contributed by atoms with van der Waals surface area (Å²) in [5.74, 6) is 0.815. The van der Waals surface area contributed by atoms with Gasteiger partial charge in [0, 0.05) is 17.3 Å². The van der Waals surface area contributed by atoms with E-state index >= 15 is 0 Å². The molecule has 0 aliphatic rings. The van der Waals surface area contributed by atoms with Gasteiger partial charge in [-0.2, -0.15) is 5.10 Å². The van der Waals surface area contributed by atoms with E-state index in [-0.39, 0.29) is 23.4 Å². The molecule has 0 aliphatic heterocycles. The Morgan fingerprint density at radius 1 is 0.968 bits per heavy atom. The van der Waals surface area contributed by atoms with Crippen molar-refractivity contribution in [3.63, 3.8) is 0 Å². The number of methoxy groups -OCH3 is 2. The van der Waals surface area contributed by atoms with E-state index < -0.39 is 0 Å². The van der Waals surface area contributed by atoms with Gasteiger partial charge in [0.1, 0.15) is 6.54 Å². The third-order valence-electron chi connectivity index (χ3n) is 4.87. The lowest BCUT2D eigenvalue weighted by Gasteiger charge is -2.19. The van der Waals surface area contributed by atoms with Crippen molar-refractivity contribution in [3.8, 4) is 22.8 Å². The molecule has 0 fully saturated rings. The van der Waals surface area contributed by atoms with Crippen molar-refractivity contribution in [3.05, 3.63) is 70.5 Å². The van der Waals surface area contributed by atoms with Gasteiger partial charge >= 0.3 is 0 Å². The smallest absolute Gasteiger partial charge is 0.267 e. The highest BCUT2D eigenvalue weighted by Gasteiger charge is 2.14. The van der Waals surface area contributed by atoms with Gasteiger partial charge in [0.05, 0.1) is 19.9 Å². The van der Waals surface area contributed by atoms with Crippen LogP contribution in [0.5, 0.6) is 11.5 Å². The predicted octanol–water partition coefficient (Wildman–Crippen LogP) is 3.86. The zero-order valence-electron chi connectivity index (χ0n) is 18.4. The monoisotopic (exact) mass is 421 g/mol. The van der Waals surface area contributed by atoms with Gasteiger partial charge in [-0.3, -0.25) is 9.59 Å². The summed E-state index contributed by atoms with van der Waals surface area (Å²) < 4.78 is 11.7. The molecular weight excluding hydrogens is 394 g/mol. The van der Waals surface area contributed by atoms with Gasteiger partial charge in [0.15, 0.2) is 11.5 Å². The molecule has 3 aromatic rings. The van der Waals surface area contributed by atoms with Crippen molar-refractivity contribution in [1.82, 2.24) is 9.78 Å². The van der Waals surface area contributed by atoms with Crippen molar-refractivity contribution in [2.75, 3.05) is 19.5 Å². The third kappa shape index (κ3) is 5.31. The summed E-state index contributed by atoms with van der Waals surface area (Å²) in [5, 5.41) is 7.16. The first kappa shape index (κ1) is 22.1. The number of nitrogens with one attached hydrogen (secondary N) is 1. The standard InChI is InChI=1S/C24H27N3O4/c1-24(2,3)17-7-9-18(10-8-17)25-22(28)15-27-23(29)13-11-19(26-27)16-6-12-20(30-4)21(14-16)31-5/h6-14H,15H2,1-5H3,(H,25,28). The van der Waals surface area contributed by atoms with E-state index in [9.17, 15) is 9.59 Å². The maximum atomic E-state index is 12.5. The number of nitrogens with zero attached hydrogens (tertiary/aromatic N) is 2. The Labute approximate surface area is 181 Å². The number of carbonyl (C=O) groups is 1. The second kappa shape index (κ2) is 9.04. The Bertz CT molecular complexity index is 1130. The van der Waals surface area contributed by atoms with Crippen LogP contribution in [0.25, 0.3) is 11.3 Å². The zero-order chi connectivity index (χ0) is 22.6. The lowest BCUT2D eigenvalue weighted by molar-refractivity contribution is -0.117. The van der Waals surface area contributed by atoms with Crippen molar-refractivity contribution in [2.24, 2.45) is 0 Å². The van der Waals surface area contributed by atoms with Gasteiger partial charge in [-0.25, -0.2) is 4.68 Å². The number of ether oxygens (including phenoxy) is 2. The lowest BCUT2D eigenvalue weighted by atomic mass is 9.87. The molecule has 0 saturated carbocycles. The van der Waals surface area contributed by atoms with Gasteiger partial charge in [-0.15, -0.1) is 0 Å². The van der Waals surface area contributed by atoms with Crippen LogP contribution in [0, 0.1) is 0 Å². The fraction of sp³-hybridized carbons (Fsp3) is 0.292. The van der Waals surface area contributed by atoms with Crippen molar-refractivity contribution >= 4 is 11.6 Å². The molecule has 2 aromatic carbocycles. The molecule has 0 bridgehead atoms. The Morgan fingerprint density at radius 3 is 2.26 bits per heavy atom. The molecule has 0 radical (unpaired) electrons. The maximum absolute atomic E-state index is 12.5. The highest BCUT2D eigenvalue weighted by atomic mass is 16.5. The number of carbonyl (C=O) groups excluding carboxylic acids is 1. The summed E-state index contributed by atoms with van der Waals surface area (Å²) in [4.78, 5) is 24.7. The Morgan fingerprint density at radius 2 is 1.65 bits per heavy atom. The van der Waals surface area contributed by atoms with E-state index in [4.69, 9.17) is 9.47 Å². The molecule has 0 aliphatic carbocycles. The quantitative estimate of drug-likeness (QED) is 0.653. The van der Waals surface area contributed by atoms with Crippen molar-refractivity contribution in [1.29, 1.82) is 0 Å². The van der Waals surface area contributed by atoms with Crippen LogP contribution in [0.4, 0.5) is 5.69 Å². The number of amides is 1. The molecule has 1 aromatic heterocycles. The Balaban J connectivity index is 1.78. The van der Waals surface area contributed by atoms with Crippen LogP contribution in [-0.4, -0.2) is 29.9 Å². The first-order valence-electron chi connectivity index (χ1n) is 9.92. The zero-order valence-corrected chi connectivity index (χ0v) is 18.4. The molecule has 0 saturated heterocycles. The highest BCUT2D eigenvalue weighted by molar-refractivity contribution is 5.90. The SMILES string of the molecule is COc1ccc(-c2ccc(=O)n(CC(=O)Nc3ccc(C(C)(C)C)cc3)n2)cc1OC. The van der Waals surface area contributed by atoms with Gasteiger partial charge in [-0.1, -0.05) is 32.9 Å². The molecule has 0 spiro atoms. The van der Waals surface area contributed by atoms with E-state index in [0.29, 0.717) is 22.9 Å². The fourth-order valence-electron chi connectivity index (χ4n) is 3.10. The minimum atomic E-state index is -0.359. The molecule has 162 valence electrons. The molecule has 0 atom stereocenters. The first-order chi connectivity index (χ1) is 14.7. The summed E-state index contributed by atoms with van der Waals surface area (Å²) in [6, 6.07) is 16.0. The normalized spacial score (nSPS) is 11.1. The average Bonchev–Trinajstić information content (AvgIpc) is 2.74. The highest BCUT2D eigenvalue weighted by Crippen LogP contribution is 2.31. The van der Waals surface area contributed by atoms with E-state index in [1.807, 2.05) is 30.3 Å². The van der Waals surface area contributed by atoms with Gasteiger partial charge in [-0.05, 0) is 47.4 Å². The fourth-order valence-corrected chi connectivity index (χ4v) is 3.10. The lowest BCUT2D eigenvalue weighted by Crippen LogP contribution is -2.29. The Kier molecular flexibility index (Phi) is 6.44. The molecule has 7 nitrogen and oxygen atoms in total. The molecule has 1 N–H and O–H groups in total. The van der Waals surface area contributed by atoms with E-state index in [1.165, 1.54) is 11.6 Å². The largest absolute Gasteiger partial charge is 0.493 e. The van der Waals surface area contributed by atoms with Gasteiger partial charge < -0.3 is 14.8 Å². The van der Waals surface area contributed by atoms with E-state index in [2.05, 4.69) is 31.2 Å². The van der Waals surface area contributed by atoms with E-state index in [1.54, 1.807) is 32.4 Å². The van der Waals surface area contributed by atoms with Gasteiger partial charge in [0.25, 0.3) is 5.56 Å². The van der Waals surface area contributed by atoms with Crippen molar-refractivity contribution < 1.29 is 14.3 Å². The topological polar surface area (TPSA) is 82.5 Å². The summed E-state index contributed by atoms with van der Waals surface area (Å²) in [7, 11) is 3.11. The minimum Gasteiger partial charge on any atom is -0.493 e. The number of rotatable bonds is 6. The van der Waals surface area contributed by atoms with Crippen LogP contribution < -0.4 is 20.3 Å². The van der Waals surface area contributed by atoms with Crippen LogP contribution in [0.15, 0.2) is 59.4 Å². The molecule has 1 heterocycles. The molecule has 0 unspecified atom stereocenters. The summed E-state index contributed by atoms with van der Waals surface area (Å²) >= 11 is 0. The van der Waals surface area contributed by atoms with Crippen LogP contribution in [0.2, 0.25) is 0 Å². The molecule has 1 amide bonds. The Hall–Kier alpha value is -3.61. The summed E-state index contributed by atoms with van der Waals surface area (Å²) in [6.07, 6.45) is 0. The number of aromatic nitrogens is 2. The molecule has 31 heavy (non-hydrogen) atoms. The maximum Gasteiger partial charge on any atom is 0.267 e. The number of anilines is 1. The number of hydrogen-bond donors (Lipinski definition) is 1. The van der Waals surface area contributed by atoms with Gasteiger partial charge in [0.2, 0.25) is 5.91 Å². The van der Waals surface area contributed by atoms with E-state index in [0.717, 1.165) is 10.2 Å². The first-order valence-corrected chi connectivity index (χ1v) is 9.92. The van der Waals surface area contributed by atoms with Crippen LogP contribution in [0.3, 0.4) is 0 Å². The predicted molar refractivity (Wildman–Crippen MR) is 121 cm³/mol. The number of benzene rings is 2. The second-order valence-electron chi connectivity index (χ2n) is 8.16. The molecule has 7 heteroatoms. The van der Waals surface area contributed by atoms with Crippen LogP contribution >= 0.6 is 0 Å². The molecule has 3 rings (SSSR count). The average molecular weight is 421 g/mol. The summed E-state index contributed by atoms with van der Waals surface area (Å²) in [6.45, 7) is 6.19. The van der Waals surface area contributed by atoms with Crippen LogP contribution in [-0.2, 0) is 16.8 Å². The number of hydrogen-bond acceptors (Lipinski definition) is 5. The second-order valence-corrected chi connectivity index (χ2v) is 8.16. The molecular formula is C24H27N3O4.